The molecule has 2 heteroatoms. The molecule has 1 saturated heterocycles. The summed E-state index contributed by atoms with van der Waals surface area (Å²) in [4.78, 5) is 2.42. The van der Waals surface area contributed by atoms with Crippen molar-refractivity contribution >= 4 is 5.69 Å². The van der Waals surface area contributed by atoms with E-state index < -0.39 is 0 Å². The van der Waals surface area contributed by atoms with Crippen LogP contribution in [-0.4, -0.2) is 13.1 Å². The Morgan fingerprint density at radius 2 is 1.80 bits per heavy atom. The maximum atomic E-state index is 8.50. The van der Waals surface area contributed by atoms with Gasteiger partial charge in [0, 0.05) is 25.2 Å². The van der Waals surface area contributed by atoms with Crippen molar-refractivity contribution in [3.8, 4) is 6.07 Å². The summed E-state index contributed by atoms with van der Waals surface area (Å²) in [5.41, 5.74) is 2.59. The van der Waals surface area contributed by atoms with Crippen LogP contribution in [0.3, 0.4) is 0 Å². The van der Waals surface area contributed by atoms with Crippen LogP contribution in [0.5, 0.6) is 0 Å². The van der Waals surface area contributed by atoms with Crippen LogP contribution < -0.4 is 4.90 Å². The Labute approximate surface area is 91.1 Å². The number of aryl methyl sites for hydroxylation is 1. The Hall–Kier alpha value is -1.49. The van der Waals surface area contributed by atoms with Gasteiger partial charge in [-0.15, -0.1) is 0 Å². The zero-order valence-corrected chi connectivity index (χ0v) is 8.95. The maximum absolute atomic E-state index is 8.50. The summed E-state index contributed by atoms with van der Waals surface area (Å²) in [7, 11) is 0. The van der Waals surface area contributed by atoms with Gasteiger partial charge in [-0.3, -0.25) is 0 Å². The van der Waals surface area contributed by atoms with Gasteiger partial charge in [0.1, 0.15) is 0 Å². The molecule has 2 rings (SSSR count). The van der Waals surface area contributed by atoms with Gasteiger partial charge in [0.15, 0.2) is 0 Å². The lowest BCUT2D eigenvalue weighted by Gasteiger charge is -2.17. The van der Waals surface area contributed by atoms with Gasteiger partial charge >= 0.3 is 0 Å². The first kappa shape index (κ1) is 10.0. The van der Waals surface area contributed by atoms with Gasteiger partial charge in [-0.25, -0.2) is 0 Å². The molecule has 0 amide bonds. The number of nitrogens with zero attached hydrogens (tertiary/aromatic N) is 2. The molecule has 1 heterocycles. The van der Waals surface area contributed by atoms with Crippen molar-refractivity contribution < 1.29 is 0 Å². The molecule has 1 aromatic carbocycles. The van der Waals surface area contributed by atoms with Crippen molar-refractivity contribution in [3.63, 3.8) is 0 Å². The Kier molecular flexibility index (Phi) is 3.24. The molecule has 78 valence electrons. The summed E-state index contributed by atoms with van der Waals surface area (Å²) in [6, 6.07) is 10.8. The lowest BCUT2D eigenvalue weighted by atomic mass is 10.1. The molecule has 1 aliphatic rings. The average molecular weight is 200 g/mol. The zero-order valence-electron chi connectivity index (χ0n) is 8.95. The molecule has 0 aromatic heterocycles. The van der Waals surface area contributed by atoms with Crippen LogP contribution >= 0.6 is 0 Å². The lowest BCUT2D eigenvalue weighted by Crippen LogP contribution is -2.17. The molecule has 0 bridgehead atoms. The summed E-state index contributed by atoms with van der Waals surface area (Å²) >= 11 is 0. The van der Waals surface area contributed by atoms with E-state index in [0.717, 1.165) is 6.42 Å². The Balaban J connectivity index is 2.00. The first-order valence-electron chi connectivity index (χ1n) is 5.61. The summed E-state index contributed by atoms with van der Waals surface area (Å²) in [5, 5.41) is 8.50. The van der Waals surface area contributed by atoms with Crippen LogP contribution in [0.15, 0.2) is 24.3 Å². The molecule has 0 spiro atoms. The molecule has 1 fully saturated rings. The molecular weight excluding hydrogens is 184 g/mol. The molecule has 0 atom stereocenters. The van der Waals surface area contributed by atoms with E-state index in [-0.39, 0.29) is 0 Å². The number of rotatable bonds is 3. The number of nitriles is 1. The number of hydrogen-bond donors (Lipinski definition) is 0. The van der Waals surface area contributed by atoms with Crippen LogP contribution in [0.4, 0.5) is 5.69 Å². The predicted octanol–water partition coefficient (Wildman–Crippen LogP) is 2.74. The van der Waals surface area contributed by atoms with Crippen LogP contribution in [0.2, 0.25) is 0 Å². The first-order valence-corrected chi connectivity index (χ1v) is 5.61. The molecule has 0 radical (unpaired) electrons. The molecule has 2 nitrogen and oxygen atoms in total. The summed E-state index contributed by atoms with van der Waals surface area (Å²) in [6.07, 6.45) is 4.12. The van der Waals surface area contributed by atoms with E-state index in [1.807, 2.05) is 0 Å². The molecule has 1 aromatic rings. The van der Waals surface area contributed by atoms with Gasteiger partial charge in [0.25, 0.3) is 0 Å². The number of anilines is 1. The highest BCUT2D eigenvalue weighted by Crippen LogP contribution is 2.20. The molecular formula is C13H16N2. The Morgan fingerprint density at radius 3 is 2.40 bits per heavy atom. The normalized spacial score (nSPS) is 15.3. The fourth-order valence-corrected chi connectivity index (χ4v) is 2.05. The second kappa shape index (κ2) is 4.84. The quantitative estimate of drug-likeness (QED) is 0.750. The fourth-order valence-electron chi connectivity index (χ4n) is 2.05. The minimum atomic E-state index is 0.614. The Morgan fingerprint density at radius 1 is 1.13 bits per heavy atom. The van der Waals surface area contributed by atoms with Crippen molar-refractivity contribution in [2.75, 3.05) is 18.0 Å². The minimum Gasteiger partial charge on any atom is -0.372 e. The summed E-state index contributed by atoms with van der Waals surface area (Å²) in [5.74, 6) is 0. The van der Waals surface area contributed by atoms with E-state index >= 15 is 0 Å². The molecule has 0 saturated carbocycles. The van der Waals surface area contributed by atoms with Gasteiger partial charge < -0.3 is 4.90 Å². The Bertz CT molecular complexity index is 342. The fraction of sp³-hybridized carbons (Fsp3) is 0.462. The first-order chi connectivity index (χ1) is 7.40. The monoisotopic (exact) mass is 200 g/mol. The van der Waals surface area contributed by atoms with Gasteiger partial charge in [-0.1, -0.05) is 12.1 Å². The SMILES string of the molecule is N#CCCc1ccc(N2CCCC2)cc1. The molecule has 0 aliphatic carbocycles. The molecule has 1 aliphatic heterocycles. The maximum Gasteiger partial charge on any atom is 0.0625 e. The molecule has 0 N–H and O–H groups in total. The smallest absolute Gasteiger partial charge is 0.0625 e. The van der Waals surface area contributed by atoms with E-state index in [1.165, 1.54) is 37.2 Å². The molecule has 0 unspecified atom stereocenters. The largest absolute Gasteiger partial charge is 0.372 e. The zero-order chi connectivity index (χ0) is 10.5. The van der Waals surface area contributed by atoms with Crippen LogP contribution in [0, 0.1) is 11.3 Å². The average Bonchev–Trinajstić information content (AvgIpc) is 2.80. The van der Waals surface area contributed by atoms with Crippen molar-refractivity contribution in [1.82, 2.24) is 0 Å². The number of hydrogen-bond acceptors (Lipinski definition) is 2. The highest BCUT2D eigenvalue weighted by molar-refractivity contribution is 5.48. The van der Waals surface area contributed by atoms with E-state index in [0.29, 0.717) is 6.42 Å². The van der Waals surface area contributed by atoms with Gasteiger partial charge in [-0.05, 0) is 37.0 Å². The second-order valence-corrected chi connectivity index (χ2v) is 4.02. The standard InChI is InChI=1S/C13H16N2/c14-9-3-4-12-5-7-13(8-6-12)15-10-1-2-11-15/h5-8H,1-4,10-11H2. The highest BCUT2D eigenvalue weighted by atomic mass is 15.1. The van der Waals surface area contributed by atoms with Gasteiger partial charge in [0.05, 0.1) is 6.07 Å². The third-order valence-corrected chi connectivity index (χ3v) is 2.93. The van der Waals surface area contributed by atoms with Gasteiger partial charge in [0.2, 0.25) is 0 Å². The van der Waals surface area contributed by atoms with E-state index in [9.17, 15) is 0 Å². The minimum absolute atomic E-state index is 0.614. The van der Waals surface area contributed by atoms with Gasteiger partial charge in [-0.2, -0.15) is 5.26 Å². The molecule has 15 heavy (non-hydrogen) atoms. The van der Waals surface area contributed by atoms with Crippen LogP contribution in [0.25, 0.3) is 0 Å². The highest BCUT2D eigenvalue weighted by Gasteiger charge is 2.11. The van der Waals surface area contributed by atoms with Crippen LogP contribution in [-0.2, 0) is 6.42 Å². The lowest BCUT2D eigenvalue weighted by molar-refractivity contribution is 0.949. The van der Waals surface area contributed by atoms with E-state index in [2.05, 4.69) is 35.2 Å². The second-order valence-electron chi connectivity index (χ2n) is 4.02. The van der Waals surface area contributed by atoms with Crippen molar-refractivity contribution in [2.45, 2.75) is 25.7 Å². The predicted molar refractivity (Wildman–Crippen MR) is 61.8 cm³/mol. The van der Waals surface area contributed by atoms with Crippen molar-refractivity contribution in [2.24, 2.45) is 0 Å². The topological polar surface area (TPSA) is 27.0 Å². The number of benzene rings is 1. The van der Waals surface area contributed by atoms with E-state index in [4.69, 9.17) is 5.26 Å². The van der Waals surface area contributed by atoms with Crippen molar-refractivity contribution in [3.05, 3.63) is 29.8 Å². The third-order valence-electron chi connectivity index (χ3n) is 2.93. The van der Waals surface area contributed by atoms with E-state index in [1.54, 1.807) is 0 Å². The summed E-state index contributed by atoms with van der Waals surface area (Å²) in [6.45, 7) is 2.38. The summed E-state index contributed by atoms with van der Waals surface area (Å²) < 4.78 is 0. The third kappa shape index (κ3) is 2.50. The van der Waals surface area contributed by atoms with Crippen LogP contribution in [0.1, 0.15) is 24.8 Å². The van der Waals surface area contributed by atoms with Crippen molar-refractivity contribution in [1.29, 1.82) is 5.26 Å².